The van der Waals surface area contributed by atoms with E-state index in [2.05, 4.69) is 0 Å². The summed E-state index contributed by atoms with van der Waals surface area (Å²) in [6, 6.07) is 17.6. The van der Waals surface area contributed by atoms with Crippen LogP contribution in [-0.4, -0.2) is 14.7 Å². The molecule has 0 bridgehead atoms. The summed E-state index contributed by atoms with van der Waals surface area (Å²) >= 11 is 0. The number of benzene rings is 2. The van der Waals surface area contributed by atoms with E-state index in [1.165, 1.54) is 0 Å². The van der Waals surface area contributed by atoms with Gasteiger partial charge in [-0.15, -0.1) is 0 Å². The molecule has 2 rings (SSSR count). The molecule has 0 aliphatic carbocycles. The highest BCUT2D eigenvalue weighted by atomic mass is 32.2. The summed E-state index contributed by atoms with van der Waals surface area (Å²) in [7, 11) is -3.70. The maximum Gasteiger partial charge on any atom is 0.265 e. The first-order valence-electron chi connectivity index (χ1n) is 7.16. The first-order valence-corrected chi connectivity index (χ1v) is 8.98. The molecule has 0 aliphatic rings. The van der Waals surface area contributed by atoms with Crippen molar-refractivity contribution in [3.63, 3.8) is 0 Å². The molecule has 1 atom stereocenters. The fraction of sp³-hybridized carbons (Fsp3) is 0.222. The molecule has 2 aromatic rings. The van der Waals surface area contributed by atoms with Crippen LogP contribution in [0.5, 0.6) is 0 Å². The second-order valence-corrected chi connectivity index (χ2v) is 7.27. The Hall–Kier alpha value is -2.67. The average molecular weight is 340 g/mol. The SMILES string of the molecule is CC(Cc1ccc(C#N)cc1)(OS(C)(=O)=O)c1ccc(C#N)cc1. The van der Waals surface area contributed by atoms with Crippen LogP contribution in [0, 0.1) is 22.7 Å². The van der Waals surface area contributed by atoms with Crippen LogP contribution in [0.2, 0.25) is 0 Å². The molecule has 0 radical (unpaired) electrons. The molecule has 0 saturated heterocycles. The molecule has 0 aromatic heterocycles. The predicted molar refractivity (Wildman–Crippen MR) is 89.3 cm³/mol. The third-order valence-corrected chi connectivity index (χ3v) is 4.26. The maximum atomic E-state index is 11.7. The van der Waals surface area contributed by atoms with Gasteiger partial charge in [0.05, 0.1) is 29.5 Å². The Kier molecular flexibility index (Phi) is 5.04. The Morgan fingerprint density at radius 3 is 1.83 bits per heavy atom. The third-order valence-electron chi connectivity index (χ3n) is 3.58. The molecule has 1 unspecified atom stereocenters. The van der Waals surface area contributed by atoms with E-state index < -0.39 is 15.7 Å². The summed E-state index contributed by atoms with van der Waals surface area (Å²) in [6.45, 7) is 1.69. The van der Waals surface area contributed by atoms with Gasteiger partial charge in [-0.3, -0.25) is 4.18 Å². The van der Waals surface area contributed by atoms with Crippen molar-refractivity contribution in [3.8, 4) is 12.1 Å². The van der Waals surface area contributed by atoms with Crippen LogP contribution in [-0.2, 0) is 26.3 Å². The minimum atomic E-state index is -3.70. The van der Waals surface area contributed by atoms with Gasteiger partial charge in [0.15, 0.2) is 0 Å². The quantitative estimate of drug-likeness (QED) is 0.781. The molecule has 122 valence electrons. The highest BCUT2D eigenvalue weighted by Crippen LogP contribution is 2.31. The van der Waals surface area contributed by atoms with Crippen molar-refractivity contribution in [3.05, 3.63) is 70.8 Å². The van der Waals surface area contributed by atoms with Crippen LogP contribution in [0.25, 0.3) is 0 Å². The number of hydrogen-bond acceptors (Lipinski definition) is 5. The predicted octanol–water partition coefficient (Wildman–Crippen LogP) is 2.86. The number of rotatable bonds is 5. The first kappa shape index (κ1) is 17.7. The second-order valence-electron chi connectivity index (χ2n) is 5.69. The number of hydrogen-bond donors (Lipinski definition) is 0. The summed E-state index contributed by atoms with van der Waals surface area (Å²) in [5.74, 6) is 0. The smallest absolute Gasteiger partial charge is 0.259 e. The van der Waals surface area contributed by atoms with Gasteiger partial charge in [0.1, 0.15) is 5.60 Å². The minimum absolute atomic E-state index is 0.303. The Balaban J connectivity index is 2.42. The van der Waals surface area contributed by atoms with Crippen LogP contribution in [0.1, 0.15) is 29.2 Å². The van der Waals surface area contributed by atoms with E-state index in [1.807, 2.05) is 12.1 Å². The fourth-order valence-corrected chi connectivity index (χ4v) is 3.32. The van der Waals surface area contributed by atoms with E-state index in [4.69, 9.17) is 14.7 Å². The van der Waals surface area contributed by atoms with E-state index in [9.17, 15) is 8.42 Å². The molecular formula is C18H16N2O3S. The topological polar surface area (TPSA) is 90.9 Å². The highest BCUT2D eigenvalue weighted by molar-refractivity contribution is 7.86. The number of nitriles is 2. The summed E-state index contributed by atoms with van der Waals surface area (Å²) in [5, 5.41) is 17.8. The van der Waals surface area contributed by atoms with Crippen molar-refractivity contribution in [1.29, 1.82) is 10.5 Å². The molecule has 0 saturated carbocycles. The van der Waals surface area contributed by atoms with E-state index >= 15 is 0 Å². The summed E-state index contributed by atoms with van der Waals surface area (Å²) in [4.78, 5) is 0. The third kappa shape index (κ3) is 4.42. The van der Waals surface area contributed by atoms with E-state index in [1.54, 1.807) is 55.5 Å². The van der Waals surface area contributed by atoms with Crippen LogP contribution in [0.4, 0.5) is 0 Å². The van der Waals surface area contributed by atoms with Crippen molar-refractivity contribution in [2.75, 3.05) is 6.26 Å². The Bertz CT molecular complexity index is 905. The molecule has 6 heteroatoms. The van der Waals surface area contributed by atoms with Crippen molar-refractivity contribution in [2.45, 2.75) is 18.9 Å². The standard InChI is InChI=1S/C18H16N2O3S/c1-18(23-24(2,21)22,17-9-7-16(13-20)8-10-17)11-14-3-5-15(12-19)6-4-14/h3-10H,11H2,1-2H3. The van der Waals surface area contributed by atoms with Gasteiger partial charge in [0.2, 0.25) is 0 Å². The molecule has 0 fully saturated rings. The highest BCUT2D eigenvalue weighted by Gasteiger charge is 2.32. The average Bonchev–Trinajstić information content (AvgIpc) is 2.54. The van der Waals surface area contributed by atoms with E-state index in [0.717, 1.165) is 11.8 Å². The molecular weight excluding hydrogens is 324 g/mol. The molecule has 0 spiro atoms. The second kappa shape index (κ2) is 6.84. The van der Waals surface area contributed by atoms with Gasteiger partial charge in [0, 0.05) is 6.42 Å². The molecule has 2 aromatic carbocycles. The van der Waals surface area contributed by atoms with Crippen molar-refractivity contribution in [1.82, 2.24) is 0 Å². The largest absolute Gasteiger partial charge is 0.265 e. The zero-order valence-corrected chi connectivity index (χ0v) is 14.2. The van der Waals surface area contributed by atoms with Crippen LogP contribution in [0.15, 0.2) is 48.5 Å². The lowest BCUT2D eigenvalue weighted by atomic mass is 9.88. The maximum absolute atomic E-state index is 11.7. The van der Waals surface area contributed by atoms with Gasteiger partial charge in [-0.1, -0.05) is 24.3 Å². The van der Waals surface area contributed by atoms with Crippen molar-refractivity contribution >= 4 is 10.1 Å². The van der Waals surface area contributed by atoms with Gasteiger partial charge < -0.3 is 0 Å². The molecule has 0 heterocycles. The summed E-state index contributed by atoms with van der Waals surface area (Å²) in [6.07, 6.45) is 1.31. The Morgan fingerprint density at radius 1 is 0.958 bits per heavy atom. The normalized spacial score (nSPS) is 13.5. The molecule has 0 N–H and O–H groups in total. The fourth-order valence-electron chi connectivity index (χ4n) is 2.50. The van der Waals surface area contributed by atoms with Gasteiger partial charge in [-0.2, -0.15) is 18.9 Å². The molecule has 0 amide bonds. The summed E-state index contributed by atoms with van der Waals surface area (Å²) in [5.41, 5.74) is 1.39. The van der Waals surface area contributed by atoms with Crippen LogP contribution in [0.3, 0.4) is 0 Å². The van der Waals surface area contributed by atoms with Crippen molar-refractivity contribution in [2.24, 2.45) is 0 Å². The van der Waals surface area contributed by atoms with Crippen LogP contribution < -0.4 is 0 Å². The monoisotopic (exact) mass is 340 g/mol. The molecule has 0 aliphatic heterocycles. The Morgan fingerprint density at radius 2 is 1.42 bits per heavy atom. The molecule has 5 nitrogen and oxygen atoms in total. The van der Waals surface area contributed by atoms with Gasteiger partial charge in [0.25, 0.3) is 10.1 Å². The lowest BCUT2D eigenvalue weighted by Crippen LogP contribution is -2.31. The Labute approximate surface area is 141 Å². The van der Waals surface area contributed by atoms with Gasteiger partial charge >= 0.3 is 0 Å². The minimum Gasteiger partial charge on any atom is -0.259 e. The molecule has 24 heavy (non-hydrogen) atoms. The lowest BCUT2D eigenvalue weighted by molar-refractivity contribution is 0.0972. The van der Waals surface area contributed by atoms with Crippen LogP contribution >= 0.6 is 0 Å². The first-order chi connectivity index (χ1) is 11.3. The van der Waals surface area contributed by atoms with Gasteiger partial charge in [-0.05, 0) is 42.3 Å². The zero-order chi connectivity index (χ0) is 17.8. The van der Waals surface area contributed by atoms with E-state index in [-0.39, 0.29) is 0 Å². The van der Waals surface area contributed by atoms with Gasteiger partial charge in [-0.25, -0.2) is 0 Å². The summed E-state index contributed by atoms with van der Waals surface area (Å²) < 4.78 is 28.8. The van der Waals surface area contributed by atoms with Crippen molar-refractivity contribution < 1.29 is 12.6 Å². The zero-order valence-electron chi connectivity index (χ0n) is 13.4. The van der Waals surface area contributed by atoms with E-state index in [0.29, 0.717) is 23.1 Å². The lowest BCUT2D eigenvalue weighted by Gasteiger charge is -2.29. The number of nitrogens with zero attached hydrogens (tertiary/aromatic N) is 2.